The van der Waals surface area contributed by atoms with E-state index < -0.39 is 0 Å². The standard InChI is InChI=1S/C27H32ClN9O3/c28-20-4-8-22(9-5-20)31-27(39)30-21-6-2-19(3-7-21)24-32-23(33-26(34-24)37-14-16-40-17-15-37)18-35-10-1-11-36(13-12-35)25(29)38/h2-9H,1,10-18H2,(H2,29,38)(H2,30,31,39). The minimum Gasteiger partial charge on any atom is -0.378 e. The average molecular weight is 566 g/mol. The molecule has 2 aromatic carbocycles. The second kappa shape index (κ2) is 12.9. The van der Waals surface area contributed by atoms with Crippen LogP contribution in [0.15, 0.2) is 48.5 Å². The number of primary amides is 1. The number of nitrogens with zero attached hydrogens (tertiary/aromatic N) is 6. The molecule has 0 aliphatic carbocycles. The van der Waals surface area contributed by atoms with Crippen LogP contribution in [0.4, 0.5) is 26.9 Å². The maximum Gasteiger partial charge on any atom is 0.323 e. The van der Waals surface area contributed by atoms with Gasteiger partial charge < -0.3 is 30.9 Å². The van der Waals surface area contributed by atoms with E-state index in [9.17, 15) is 9.59 Å². The number of amides is 4. The number of hydrogen-bond acceptors (Lipinski definition) is 8. The summed E-state index contributed by atoms with van der Waals surface area (Å²) in [5.41, 5.74) is 7.55. The van der Waals surface area contributed by atoms with Crippen LogP contribution in [-0.2, 0) is 11.3 Å². The molecule has 5 rings (SSSR count). The number of rotatable bonds is 6. The lowest BCUT2D eigenvalue weighted by molar-refractivity contribution is 0.122. The van der Waals surface area contributed by atoms with E-state index in [2.05, 4.69) is 20.4 Å². The SMILES string of the molecule is NC(=O)N1CCCN(Cc2nc(-c3ccc(NC(=O)Nc4ccc(Cl)cc4)cc3)nc(N3CCOCC3)n2)CC1. The van der Waals surface area contributed by atoms with Crippen molar-refractivity contribution in [2.45, 2.75) is 13.0 Å². The van der Waals surface area contributed by atoms with Gasteiger partial charge in [0.2, 0.25) is 5.95 Å². The van der Waals surface area contributed by atoms with Crippen LogP contribution in [-0.4, -0.2) is 89.3 Å². The molecule has 0 bridgehead atoms. The highest BCUT2D eigenvalue weighted by Crippen LogP contribution is 2.22. The topological polar surface area (TPSA) is 142 Å². The fourth-order valence-corrected chi connectivity index (χ4v) is 4.72. The molecule has 2 aliphatic heterocycles. The number of benzene rings is 2. The normalized spacial score (nSPS) is 16.3. The Kier molecular flexibility index (Phi) is 8.89. The molecule has 0 atom stereocenters. The number of halogens is 1. The molecule has 0 saturated carbocycles. The maximum atomic E-state index is 12.4. The summed E-state index contributed by atoms with van der Waals surface area (Å²) in [6.07, 6.45) is 0.831. The number of ether oxygens (including phenoxy) is 1. The third kappa shape index (κ3) is 7.34. The van der Waals surface area contributed by atoms with Gasteiger partial charge in [-0.05, 0) is 55.0 Å². The quantitative estimate of drug-likeness (QED) is 0.413. The maximum absolute atomic E-state index is 12.4. The van der Waals surface area contributed by atoms with Crippen LogP contribution >= 0.6 is 11.6 Å². The molecule has 4 N–H and O–H groups in total. The Morgan fingerprint density at radius 3 is 2.20 bits per heavy atom. The molecule has 40 heavy (non-hydrogen) atoms. The lowest BCUT2D eigenvalue weighted by atomic mass is 10.2. The Labute approximate surface area is 237 Å². The van der Waals surface area contributed by atoms with E-state index in [4.69, 9.17) is 37.0 Å². The number of anilines is 3. The lowest BCUT2D eigenvalue weighted by Gasteiger charge is -2.27. The van der Waals surface area contributed by atoms with Gasteiger partial charge in [-0.1, -0.05) is 11.6 Å². The predicted octanol–water partition coefficient (Wildman–Crippen LogP) is 3.26. The first-order chi connectivity index (χ1) is 19.4. The number of aromatic nitrogens is 3. The number of morpholine rings is 1. The first-order valence-corrected chi connectivity index (χ1v) is 13.6. The Morgan fingerprint density at radius 1 is 0.850 bits per heavy atom. The summed E-state index contributed by atoms with van der Waals surface area (Å²) in [5, 5.41) is 6.20. The smallest absolute Gasteiger partial charge is 0.323 e. The molecular weight excluding hydrogens is 534 g/mol. The van der Waals surface area contributed by atoms with E-state index in [1.807, 2.05) is 24.3 Å². The minimum atomic E-state index is -0.390. The molecular formula is C27H32ClN9O3. The summed E-state index contributed by atoms with van der Waals surface area (Å²) in [7, 11) is 0. The van der Waals surface area contributed by atoms with E-state index in [0.29, 0.717) is 86.5 Å². The van der Waals surface area contributed by atoms with Crippen molar-refractivity contribution < 1.29 is 14.3 Å². The van der Waals surface area contributed by atoms with Crippen molar-refractivity contribution in [1.82, 2.24) is 24.8 Å². The summed E-state index contributed by atoms with van der Waals surface area (Å²) in [4.78, 5) is 44.4. The molecule has 2 fully saturated rings. The number of nitrogens with two attached hydrogens (primary N) is 1. The number of carbonyl (C=O) groups excluding carboxylic acids is 2. The number of nitrogens with one attached hydrogen (secondary N) is 2. The monoisotopic (exact) mass is 565 g/mol. The molecule has 4 amide bonds. The first kappa shape index (κ1) is 27.6. The van der Waals surface area contributed by atoms with Gasteiger partial charge in [-0.2, -0.15) is 9.97 Å². The van der Waals surface area contributed by atoms with Gasteiger partial charge in [0, 0.05) is 61.2 Å². The third-order valence-corrected chi connectivity index (χ3v) is 6.98. The zero-order chi connectivity index (χ0) is 27.9. The predicted molar refractivity (Wildman–Crippen MR) is 153 cm³/mol. The number of hydrogen-bond donors (Lipinski definition) is 3. The molecule has 2 saturated heterocycles. The summed E-state index contributed by atoms with van der Waals surface area (Å²) in [6, 6.07) is 13.5. The van der Waals surface area contributed by atoms with Crippen LogP contribution in [0.5, 0.6) is 0 Å². The number of carbonyl (C=O) groups is 2. The van der Waals surface area contributed by atoms with Gasteiger partial charge in [0.25, 0.3) is 0 Å². The Balaban J connectivity index is 1.31. The van der Waals surface area contributed by atoms with Gasteiger partial charge in [-0.25, -0.2) is 14.6 Å². The van der Waals surface area contributed by atoms with Gasteiger partial charge >= 0.3 is 12.1 Å². The third-order valence-electron chi connectivity index (χ3n) is 6.73. The molecule has 3 aromatic rings. The van der Waals surface area contributed by atoms with Crippen molar-refractivity contribution in [3.05, 3.63) is 59.4 Å². The van der Waals surface area contributed by atoms with Gasteiger partial charge in [0.1, 0.15) is 5.82 Å². The van der Waals surface area contributed by atoms with Gasteiger partial charge in [-0.15, -0.1) is 0 Å². The second-order valence-corrected chi connectivity index (χ2v) is 10.0. The van der Waals surface area contributed by atoms with Crippen LogP contribution in [0.3, 0.4) is 0 Å². The summed E-state index contributed by atoms with van der Waals surface area (Å²) in [5.74, 6) is 1.82. The van der Waals surface area contributed by atoms with Crippen molar-refractivity contribution in [2.24, 2.45) is 5.73 Å². The van der Waals surface area contributed by atoms with Crippen LogP contribution in [0.25, 0.3) is 11.4 Å². The van der Waals surface area contributed by atoms with Crippen LogP contribution in [0, 0.1) is 0 Å². The van der Waals surface area contributed by atoms with Crippen molar-refractivity contribution >= 4 is 41.0 Å². The van der Waals surface area contributed by atoms with Crippen molar-refractivity contribution in [3.8, 4) is 11.4 Å². The fourth-order valence-electron chi connectivity index (χ4n) is 4.59. The number of urea groups is 2. The van der Waals surface area contributed by atoms with Gasteiger partial charge in [0.05, 0.1) is 19.8 Å². The highest BCUT2D eigenvalue weighted by Gasteiger charge is 2.21. The average Bonchev–Trinajstić information content (AvgIpc) is 3.21. The van der Waals surface area contributed by atoms with Crippen LogP contribution in [0.2, 0.25) is 5.02 Å². The van der Waals surface area contributed by atoms with E-state index in [1.165, 1.54) is 0 Å². The zero-order valence-electron chi connectivity index (χ0n) is 22.1. The van der Waals surface area contributed by atoms with Crippen LogP contribution < -0.4 is 21.3 Å². The van der Waals surface area contributed by atoms with Gasteiger partial charge in [-0.3, -0.25) is 4.90 Å². The van der Waals surface area contributed by atoms with E-state index in [0.717, 1.165) is 18.5 Å². The zero-order valence-corrected chi connectivity index (χ0v) is 22.8. The first-order valence-electron chi connectivity index (χ1n) is 13.2. The van der Waals surface area contributed by atoms with Crippen molar-refractivity contribution in [2.75, 3.05) is 68.0 Å². The Hall–Kier alpha value is -4.00. The van der Waals surface area contributed by atoms with Crippen LogP contribution in [0.1, 0.15) is 12.2 Å². The molecule has 2 aliphatic rings. The summed E-state index contributed by atoms with van der Waals surface area (Å²) in [6.45, 7) is 5.88. The lowest BCUT2D eigenvalue weighted by Crippen LogP contribution is -2.39. The Bertz CT molecular complexity index is 1320. The second-order valence-electron chi connectivity index (χ2n) is 9.59. The molecule has 0 radical (unpaired) electrons. The molecule has 13 heteroatoms. The van der Waals surface area contributed by atoms with Crippen molar-refractivity contribution in [3.63, 3.8) is 0 Å². The van der Waals surface area contributed by atoms with E-state index in [-0.39, 0.29) is 12.1 Å². The minimum absolute atomic E-state index is 0.362. The van der Waals surface area contributed by atoms with E-state index >= 15 is 0 Å². The summed E-state index contributed by atoms with van der Waals surface area (Å²) < 4.78 is 5.51. The largest absolute Gasteiger partial charge is 0.378 e. The molecule has 0 spiro atoms. The highest BCUT2D eigenvalue weighted by molar-refractivity contribution is 6.30. The molecule has 1 aromatic heterocycles. The highest BCUT2D eigenvalue weighted by atomic mass is 35.5. The fraction of sp³-hybridized carbons (Fsp3) is 0.370. The van der Waals surface area contributed by atoms with E-state index in [1.54, 1.807) is 29.2 Å². The molecule has 0 unspecified atom stereocenters. The molecule has 12 nitrogen and oxygen atoms in total. The van der Waals surface area contributed by atoms with Crippen molar-refractivity contribution in [1.29, 1.82) is 0 Å². The Morgan fingerprint density at radius 2 is 1.52 bits per heavy atom. The molecule has 3 heterocycles. The molecule has 210 valence electrons. The summed E-state index contributed by atoms with van der Waals surface area (Å²) >= 11 is 5.91. The van der Waals surface area contributed by atoms with Gasteiger partial charge in [0.15, 0.2) is 5.82 Å².